The van der Waals surface area contributed by atoms with Crippen molar-refractivity contribution in [3.8, 4) is 6.07 Å². The lowest BCUT2D eigenvalue weighted by Crippen LogP contribution is -2.60. The summed E-state index contributed by atoms with van der Waals surface area (Å²) in [5.74, 6) is 0.758. The predicted molar refractivity (Wildman–Crippen MR) is 157 cm³/mol. The molecule has 0 saturated carbocycles. The fraction of sp³-hybridized carbons (Fsp3) is 0.500. The van der Waals surface area contributed by atoms with Crippen molar-refractivity contribution in [3.05, 3.63) is 67.0 Å². The van der Waals surface area contributed by atoms with Crippen LogP contribution in [-0.4, -0.2) is 39.6 Å². The zero-order chi connectivity index (χ0) is 27.1. The van der Waals surface area contributed by atoms with E-state index in [0.29, 0.717) is 17.7 Å². The summed E-state index contributed by atoms with van der Waals surface area (Å²) in [6.45, 7) is 12.4. The van der Waals surface area contributed by atoms with Crippen LogP contribution in [0, 0.1) is 11.3 Å². The van der Waals surface area contributed by atoms with E-state index >= 15 is 0 Å². The molecule has 1 aromatic carbocycles. The van der Waals surface area contributed by atoms with E-state index in [1.807, 2.05) is 6.08 Å². The first kappa shape index (κ1) is 28.9. The number of anilines is 1. The number of hydrogen-bond acceptors (Lipinski definition) is 5. The van der Waals surface area contributed by atoms with Crippen molar-refractivity contribution in [2.24, 2.45) is 7.05 Å². The first-order valence-electron chi connectivity index (χ1n) is 13.4. The van der Waals surface area contributed by atoms with Gasteiger partial charge in [0.15, 0.2) is 0 Å². The van der Waals surface area contributed by atoms with Crippen molar-refractivity contribution in [1.82, 2.24) is 14.5 Å². The van der Waals surface area contributed by atoms with Gasteiger partial charge in [-0.15, -0.1) is 0 Å². The number of rotatable bonds is 8. The zero-order valence-electron chi connectivity index (χ0n) is 23.0. The van der Waals surface area contributed by atoms with Gasteiger partial charge in [0.25, 0.3) is 0 Å². The normalized spacial score (nSPS) is 20.8. The molecule has 0 bridgehead atoms. The molecule has 0 aliphatic carbocycles. The second-order valence-electron chi connectivity index (χ2n) is 9.93. The molecule has 1 aromatic heterocycles. The highest BCUT2D eigenvalue weighted by molar-refractivity contribution is 9.10. The summed E-state index contributed by atoms with van der Waals surface area (Å²) in [6, 6.07) is 11.7. The minimum Gasteiger partial charge on any atom is -0.350 e. The lowest BCUT2D eigenvalue weighted by molar-refractivity contribution is 0.0937. The lowest BCUT2D eigenvalue weighted by atomic mass is 9.96. The summed E-state index contributed by atoms with van der Waals surface area (Å²) in [6.07, 6.45) is 9.79. The van der Waals surface area contributed by atoms with Crippen molar-refractivity contribution >= 4 is 33.9 Å². The zero-order valence-corrected chi connectivity index (χ0v) is 24.6. The Kier molecular flexibility index (Phi) is 10.3. The molecule has 1 aliphatic heterocycles. The number of halogens is 1. The summed E-state index contributed by atoms with van der Waals surface area (Å²) in [5.41, 5.74) is 1.66. The van der Waals surface area contributed by atoms with E-state index in [2.05, 4.69) is 94.8 Å². The maximum atomic E-state index is 13.0. The molecule has 3 rings (SSSR count). The van der Waals surface area contributed by atoms with Crippen LogP contribution in [0.3, 0.4) is 0 Å². The number of benzene rings is 1. The molecule has 2 unspecified atom stereocenters. The van der Waals surface area contributed by atoms with Crippen LogP contribution in [0.5, 0.6) is 0 Å². The first-order valence-corrected chi connectivity index (χ1v) is 14.2. The number of hydrogen-bond donors (Lipinski definition) is 0. The third-order valence-electron chi connectivity index (χ3n) is 7.34. The Morgan fingerprint density at radius 2 is 1.95 bits per heavy atom. The monoisotopic (exact) mass is 565 g/mol. The van der Waals surface area contributed by atoms with Crippen molar-refractivity contribution in [1.29, 1.82) is 5.26 Å². The molecule has 0 spiro atoms. The Bertz CT molecular complexity index is 1320. The van der Waals surface area contributed by atoms with E-state index in [1.54, 1.807) is 24.6 Å². The number of aromatic nitrogens is 2. The Morgan fingerprint density at radius 1 is 1.24 bits per heavy atom. The average Bonchev–Trinajstić information content (AvgIpc) is 2.90. The molecule has 2 heterocycles. The smallest absolute Gasteiger partial charge is 0.349 e. The quantitative estimate of drug-likeness (QED) is 0.429. The number of allylic oxidation sites excluding steroid dienone is 2. The van der Waals surface area contributed by atoms with Gasteiger partial charge in [-0.1, -0.05) is 61.3 Å². The Balaban J connectivity index is 2.10. The van der Waals surface area contributed by atoms with Crippen LogP contribution in [0.1, 0.15) is 71.9 Å². The summed E-state index contributed by atoms with van der Waals surface area (Å²) in [7, 11) is 1.75. The van der Waals surface area contributed by atoms with Crippen molar-refractivity contribution in [3.63, 3.8) is 0 Å². The van der Waals surface area contributed by atoms with Crippen LogP contribution in [0.25, 0.3) is 12.2 Å². The van der Waals surface area contributed by atoms with Crippen molar-refractivity contribution in [2.75, 3.05) is 18.0 Å². The van der Waals surface area contributed by atoms with Gasteiger partial charge in [0, 0.05) is 53.5 Å². The topological polar surface area (TPSA) is 65.2 Å². The molecule has 7 heteroatoms. The van der Waals surface area contributed by atoms with Gasteiger partial charge in [0.1, 0.15) is 5.82 Å². The van der Waals surface area contributed by atoms with Gasteiger partial charge in [-0.2, -0.15) is 10.2 Å². The molecule has 0 N–H and O–H groups in total. The lowest BCUT2D eigenvalue weighted by Gasteiger charge is -2.49. The van der Waals surface area contributed by atoms with E-state index in [4.69, 9.17) is 0 Å². The minimum absolute atomic E-state index is 0.185. The Labute approximate surface area is 229 Å². The van der Waals surface area contributed by atoms with E-state index in [1.165, 1.54) is 5.56 Å². The second kappa shape index (κ2) is 13.2. The van der Waals surface area contributed by atoms with Gasteiger partial charge in [0.05, 0.1) is 11.4 Å². The van der Waals surface area contributed by atoms with Gasteiger partial charge < -0.3 is 4.90 Å². The highest BCUT2D eigenvalue weighted by Gasteiger charge is 2.36. The second-order valence-corrected chi connectivity index (χ2v) is 10.8. The average molecular weight is 567 g/mol. The van der Waals surface area contributed by atoms with Crippen molar-refractivity contribution in [2.45, 2.75) is 78.4 Å². The molecule has 0 amide bonds. The molecular weight excluding hydrogens is 526 g/mol. The Morgan fingerprint density at radius 3 is 2.54 bits per heavy atom. The first-order chi connectivity index (χ1) is 17.7. The maximum Gasteiger partial charge on any atom is 0.349 e. The minimum atomic E-state index is -0.276. The van der Waals surface area contributed by atoms with Gasteiger partial charge >= 0.3 is 5.69 Å². The largest absolute Gasteiger partial charge is 0.350 e. The van der Waals surface area contributed by atoms with Gasteiger partial charge in [0.2, 0.25) is 0 Å². The van der Waals surface area contributed by atoms with Crippen molar-refractivity contribution < 1.29 is 0 Å². The SMILES string of the molecule is CCC\C=c1/c(N2C[C@@H](CC)N(C(CC)c3ccc(Br)cc3)CC2C)nc(=O)n(C)/c1=C/C=C(\C)C#N. The van der Waals surface area contributed by atoms with Crippen LogP contribution in [-0.2, 0) is 7.05 Å². The molecule has 198 valence electrons. The van der Waals surface area contributed by atoms with Crippen LogP contribution >= 0.6 is 15.9 Å². The van der Waals surface area contributed by atoms with E-state index in [-0.39, 0.29) is 11.7 Å². The molecule has 2 aromatic rings. The summed E-state index contributed by atoms with van der Waals surface area (Å²) in [4.78, 5) is 22.6. The predicted octanol–water partition coefficient (Wildman–Crippen LogP) is 4.81. The maximum absolute atomic E-state index is 13.0. The summed E-state index contributed by atoms with van der Waals surface area (Å²) in [5, 5.41) is 11.0. The van der Waals surface area contributed by atoms with Crippen LogP contribution in [0.2, 0.25) is 0 Å². The third kappa shape index (κ3) is 6.61. The van der Waals surface area contributed by atoms with Crippen LogP contribution in [0.4, 0.5) is 5.82 Å². The van der Waals surface area contributed by atoms with Gasteiger partial charge in [-0.3, -0.25) is 9.47 Å². The molecular formula is C30H40BrN5O. The number of nitrogens with zero attached hydrogens (tertiary/aromatic N) is 5. The molecule has 3 atom stereocenters. The molecule has 1 saturated heterocycles. The Hall–Kier alpha value is -2.69. The van der Waals surface area contributed by atoms with Gasteiger partial charge in [-0.25, -0.2) is 4.79 Å². The number of unbranched alkanes of at least 4 members (excludes halogenated alkanes) is 1. The standard InChI is InChI=1S/C30H40BrN5O/c1-7-10-11-26-28(17-12-21(4)18-32)34(6)30(37)33-29(26)35-20-25(8-2)36(19-22(35)5)27(9-3)23-13-15-24(31)16-14-23/h11-17,22,25,27H,7-10,19-20H2,1-6H3/b21-12+,26-11-,28-17+/t22?,25-,27?/m1/s1. The summed E-state index contributed by atoms with van der Waals surface area (Å²) >= 11 is 3.57. The van der Waals surface area contributed by atoms with Crippen LogP contribution < -0.4 is 21.2 Å². The highest BCUT2D eigenvalue weighted by atomic mass is 79.9. The van der Waals surface area contributed by atoms with Gasteiger partial charge in [-0.05, 0) is 63.0 Å². The summed E-state index contributed by atoms with van der Waals surface area (Å²) < 4.78 is 2.68. The molecule has 1 fully saturated rings. The molecule has 37 heavy (non-hydrogen) atoms. The number of nitriles is 1. The fourth-order valence-corrected chi connectivity index (χ4v) is 5.49. The third-order valence-corrected chi connectivity index (χ3v) is 7.87. The van der Waals surface area contributed by atoms with Crippen LogP contribution in [0.15, 0.2) is 45.2 Å². The fourth-order valence-electron chi connectivity index (χ4n) is 5.22. The number of piperazine rings is 1. The highest BCUT2D eigenvalue weighted by Crippen LogP contribution is 2.32. The molecule has 6 nitrogen and oxygen atoms in total. The molecule has 1 aliphatic rings. The molecule has 0 radical (unpaired) electrons. The van der Waals surface area contributed by atoms with E-state index < -0.39 is 0 Å². The van der Waals surface area contributed by atoms with E-state index in [9.17, 15) is 10.1 Å². The van der Waals surface area contributed by atoms with E-state index in [0.717, 1.165) is 59.6 Å².